The van der Waals surface area contributed by atoms with Crippen molar-refractivity contribution in [2.45, 2.75) is 91.4 Å². The predicted molar refractivity (Wildman–Crippen MR) is 110 cm³/mol. The summed E-state index contributed by atoms with van der Waals surface area (Å²) in [5.74, 6) is -0.317. The molecule has 0 aliphatic heterocycles. The Kier molecular flexibility index (Phi) is 7.64. The highest BCUT2D eigenvalue weighted by Gasteiger charge is 2.49. The number of hydrogen-bond acceptors (Lipinski definition) is 2. The third-order valence-electron chi connectivity index (χ3n) is 6.39. The molecule has 1 aliphatic carbocycles. The first-order valence-corrected chi connectivity index (χ1v) is 10.6. The SMILES string of the molecule is CC(=O)C(C)(C)CCCCCc1cccc(CCCCC2(C(=O)O)CC2)c1. The second-order valence-corrected chi connectivity index (χ2v) is 9.11. The molecule has 1 saturated carbocycles. The highest BCUT2D eigenvalue weighted by molar-refractivity contribution is 5.81. The Labute approximate surface area is 164 Å². The zero-order valence-electron chi connectivity index (χ0n) is 17.4. The van der Waals surface area contributed by atoms with Crippen LogP contribution in [0.4, 0.5) is 0 Å². The molecule has 0 radical (unpaired) electrons. The minimum atomic E-state index is -0.601. The van der Waals surface area contributed by atoms with Crippen LogP contribution in [0.3, 0.4) is 0 Å². The molecule has 0 amide bonds. The molecule has 0 atom stereocenters. The molecule has 1 N–H and O–H groups in total. The van der Waals surface area contributed by atoms with E-state index in [4.69, 9.17) is 0 Å². The lowest BCUT2D eigenvalue weighted by Crippen LogP contribution is -2.20. The van der Waals surface area contributed by atoms with Crippen LogP contribution in [0.5, 0.6) is 0 Å². The summed E-state index contributed by atoms with van der Waals surface area (Å²) in [6, 6.07) is 8.84. The normalized spacial score (nSPS) is 15.5. The molecule has 1 aliphatic rings. The van der Waals surface area contributed by atoms with Crippen molar-refractivity contribution >= 4 is 11.8 Å². The van der Waals surface area contributed by atoms with Gasteiger partial charge in [0.1, 0.15) is 5.78 Å². The summed E-state index contributed by atoms with van der Waals surface area (Å²) >= 11 is 0. The lowest BCUT2D eigenvalue weighted by Gasteiger charge is -2.20. The van der Waals surface area contributed by atoms with E-state index in [-0.39, 0.29) is 16.6 Å². The minimum absolute atomic E-state index is 0.181. The molecule has 3 heteroatoms. The molecule has 1 aromatic carbocycles. The van der Waals surface area contributed by atoms with Crippen LogP contribution in [-0.2, 0) is 22.4 Å². The van der Waals surface area contributed by atoms with Gasteiger partial charge in [-0.3, -0.25) is 9.59 Å². The van der Waals surface area contributed by atoms with Gasteiger partial charge in [0.25, 0.3) is 0 Å². The lowest BCUT2D eigenvalue weighted by atomic mass is 9.83. The van der Waals surface area contributed by atoms with Crippen molar-refractivity contribution in [2.75, 3.05) is 0 Å². The number of carboxylic acid groups (broad SMARTS) is 1. The number of carboxylic acids is 1. The van der Waals surface area contributed by atoms with Gasteiger partial charge in [0, 0.05) is 5.41 Å². The third kappa shape index (κ3) is 6.79. The first-order chi connectivity index (χ1) is 12.8. The summed E-state index contributed by atoms with van der Waals surface area (Å²) in [6.45, 7) is 5.78. The second-order valence-electron chi connectivity index (χ2n) is 9.11. The predicted octanol–water partition coefficient (Wildman–Crippen LogP) is 5.98. The van der Waals surface area contributed by atoms with Crippen LogP contribution in [-0.4, -0.2) is 16.9 Å². The maximum atomic E-state index is 11.6. The second kappa shape index (κ2) is 9.52. The fourth-order valence-corrected chi connectivity index (χ4v) is 3.70. The van der Waals surface area contributed by atoms with E-state index >= 15 is 0 Å². The summed E-state index contributed by atoms with van der Waals surface area (Å²) in [6.07, 6.45) is 11.2. The van der Waals surface area contributed by atoms with Gasteiger partial charge in [-0.2, -0.15) is 0 Å². The molecule has 0 unspecified atom stereocenters. The number of Topliss-reactive ketones (excluding diaryl/α,β-unsaturated/α-hetero) is 1. The van der Waals surface area contributed by atoms with Crippen LogP contribution < -0.4 is 0 Å². The van der Waals surface area contributed by atoms with Crippen LogP contribution in [0, 0.1) is 10.8 Å². The van der Waals surface area contributed by atoms with Gasteiger partial charge in [-0.1, -0.05) is 57.4 Å². The Bertz CT molecular complexity index is 641. The molecule has 3 nitrogen and oxygen atoms in total. The van der Waals surface area contributed by atoms with Crippen LogP contribution in [0.25, 0.3) is 0 Å². The van der Waals surface area contributed by atoms with Crippen molar-refractivity contribution in [2.24, 2.45) is 10.8 Å². The largest absolute Gasteiger partial charge is 0.481 e. The van der Waals surface area contributed by atoms with Gasteiger partial charge >= 0.3 is 5.97 Å². The van der Waals surface area contributed by atoms with Gasteiger partial charge in [-0.15, -0.1) is 0 Å². The molecule has 1 aromatic rings. The van der Waals surface area contributed by atoms with Gasteiger partial charge in [-0.05, 0) is 69.4 Å². The van der Waals surface area contributed by atoms with E-state index in [1.807, 2.05) is 13.8 Å². The van der Waals surface area contributed by atoms with Crippen molar-refractivity contribution in [1.29, 1.82) is 0 Å². The standard InChI is InChI=1S/C24H36O3/c1-19(25)23(2,3)14-7-4-5-10-20-12-9-13-21(18-20)11-6-8-15-24(16-17-24)22(26)27/h9,12-13,18H,4-8,10-11,14-17H2,1-3H3,(H,26,27). The molecule has 1 fully saturated rings. The molecular weight excluding hydrogens is 336 g/mol. The summed E-state index contributed by atoms with van der Waals surface area (Å²) in [4.78, 5) is 22.8. The number of aliphatic carboxylic acids is 1. The summed E-state index contributed by atoms with van der Waals surface area (Å²) in [5, 5.41) is 9.23. The van der Waals surface area contributed by atoms with E-state index < -0.39 is 5.97 Å². The number of ketones is 1. The van der Waals surface area contributed by atoms with E-state index in [0.717, 1.165) is 64.2 Å². The quantitative estimate of drug-likeness (QED) is 0.433. The number of rotatable bonds is 13. The van der Waals surface area contributed by atoms with E-state index in [1.54, 1.807) is 6.92 Å². The van der Waals surface area contributed by atoms with E-state index in [9.17, 15) is 14.7 Å². The Morgan fingerprint density at radius 2 is 1.59 bits per heavy atom. The average Bonchev–Trinajstić information content (AvgIpc) is 3.40. The first-order valence-electron chi connectivity index (χ1n) is 10.6. The van der Waals surface area contributed by atoms with Crippen molar-refractivity contribution in [3.05, 3.63) is 35.4 Å². The summed E-state index contributed by atoms with van der Waals surface area (Å²) in [7, 11) is 0. The van der Waals surface area contributed by atoms with E-state index in [2.05, 4.69) is 24.3 Å². The van der Waals surface area contributed by atoms with Gasteiger partial charge in [0.05, 0.1) is 5.41 Å². The number of benzene rings is 1. The van der Waals surface area contributed by atoms with Crippen LogP contribution in [0.2, 0.25) is 0 Å². The number of carbonyl (C=O) groups excluding carboxylic acids is 1. The maximum Gasteiger partial charge on any atom is 0.309 e. The Hall–Kier alpha value is -1.64. The number of carbonyl (C=O) groups is 2. The number of hydrogen-bond donors (Lipinski definition) is 1. The maximum absolute atomic E-state index is 11.6. The van der Waals surface area contributed by atoms with Gasteiger partial charge in [-0.25, -0.2) is 0 Å². The third-order valence-corrected chi connectivity index (χ3v) is 6.39. The fourth-order valence-electron chi connectivity index (χ4n) is 3.70. The molecule has 27 heavy (non-hydrogen) atoms. The smallest absolute Gasteiger partial charge is 0.309 e. The monoisotopic (exact) mass is 372 g/mol. The van der Waals surface area contributed by atoms with E-state index in [1.165, 1.54) is 17.5 Å². The molecule has 2 rings (SSSR count). The highest BCUT2D eigenvalue weighted by atomic mass is 16.4. The topological polar surface area (TPSA) is 54.4 Å². The zero-order chi connectivity index (χ0) is 19.9. The molecule has 0 aromatic heterocycles. The fraction of sp³-hybridized carbons (Fsp3) is 0.667. The van der Waals surface area contributed by atoms with Crippen LogP contribution >= 0.6 is 0 Å². The van der Waals surface area contributed by atoms with Crippen LogP contribution in [0.15, 0.2) is 24.3 Å². The minimum Gasteiger partial charge on any atom is -0.481 e. The summed E-state index contributed by atoms with van der Waals surface area (Å²) < 4.78 is 0. The van der Waals surface area contributed by atoms with Gasteiger partial charge in [0.2, 0.25) is 0 Å². The lowest BCUT2D eigenvalue weighted by molar-refractivity contribution is -0.143. The Balaban J connectivity index is 1.64. The molecule has 150 valence electrons. The van der Waals surface area contributed by atoms with Gasteiger partial charge in [0.15, 0.2) is 0 Å². The Morgan fingerprint density at radius 3 is 2.11 bits per heavy atom. The zero-order valence-corrected chi connectivity index (χ0v) is 17.4. The number of aryl methyl sites for hydroxylation is 2. The van der Waals surface area contributed by atoms with Crippen molar-refractivity contribution in [3.63, 3.8) is 0 Å². The summed E-state index contributed by atoms with van der Waals surface area (Å²) in [5.41, 5.74) is 2.20. The molecule has 0 heterocycles. The average molecular weight is 373 g/mol. The Morgan fingerprint density at radius 1 is 1.00 bits per heavy atom. The van der Waals surface area contributed by atoms with Crippen molar-refractivity contribution in [3.8, 4) is 0 Å². The highest BCUT2D eigenvalue weighted by Crippen LogP contribution is 2.50. The van der Waals surface area contributed by atoms with E-state index in [0.29, 0.717) is 0 Å². The van der Waals surface area contributed by atoms with Crippen molar-refractivity contribution in [1.82, 2.24) is 0 Å². The molecule has 0 spiro atoms. The van der Waals surface area contributed by atoms with Gasteiger partial charge < -0.3 is 5.11 Å². The van der Waals surface area contributed by atoms with Crippen LogP contribution in [0.1, 0.15) is 89.7 Å². The first kappa shape index (κ1) is 21.7. The molecule has 0 bridgehead atoms. The van der Waals surface area contributed by atoms with Crippen molar-refractivity contribution < 1.29 is 14.7 Å². The molecule has 0 saturated heterocycles. The number of unbranched alkanes of at least 4 members (excludes halogenated alkanes) is 3. The molecular formula is C24H36O3.